The van der Waals surface area contributed by atoms with Crippen molar-refractivity contribution in [3.8, 4) is 0 Å². The zero-order valence-electron chi connectivity index (χ0n) is 15.0. The maximum atomic E-state index is 12.6. The van der Waals surface area contributed by atoms with Gasteiger partial charge in [0.25, 0.3) is 10.1 Å². The van der Waals surface area contributed by atoms with E-state index in [1.165, 1.54) is 19.1 Å². The summed E-state index contributed by atoms with van der Waals surface area (Å²) in [6.45, 7) is 3.20. The second-order valence-electron chi connectivity index (χ2n) is 6.44. The van der Waals surface area contributed by atoms with E-state index in [1.54, 1.807) is 30.3 Å². The van der Waals surface area contributed by atoms with Crippen LogP contribution in [0.15, 0.2) is 71.6 Å². The normalized spacial score (nSPS) is 14.0. The highest BCUT2D eigenvalue weighted by Gasteiger charge is 2.29. The lowest BCUT2D eigenvalue weighted by atomic mass is 10.00. The van der Waals surface area contributed by atoms with Crippen LogP contribution in [0.4, 0.5) is 0 Å². The fraction of sp³-hybridized carbons (Fsp3) is 0.190. The van der Waals surface area contributed by atoms with Crippen LogP contribution in [0.1, 0.15) is 22.8 Å². The van der Waals surface area contributed by atoms with E-state index in [2.05, 4.69) is 0 Å². The molecule has 0 amide bonds. The van der Waals surface area contributed by atoms with Gasteiger partial charge in [-0.15, -0.1) is 0 Å². The molecule has 0 aromatic heterocycles. The molecular weight excluding hydrogens is 364 g/mol. The molecule has 0 aliphatic carbocycles. The third kappa shape index (κ3) is 4.24. The number of carbonyl (C=O) groups excluding carboxylic acids is 1. The average molecular weight is 384 g/mol. The van der Waals surface area contributed by atoms with Gasteiger partial charge in [-0.2, -0.15) is 8.42 Å². The lowest BCUT2D eigenvalue weighted by Gasteiger charge is -2.18. The van der Waals surface area contributed by atoms with Crippen LogP contribution in [-0.2, 0) is 14.3 Å². The molecule has 2 unspecified atom stereocenters. The Morgan fingerprint density at radius 2 is 1.59 bits per heavy atom. The van der Waals surface area contributed by atoms with Crippen LogP contribution in [-0.4, -0.2) is 31.5 Å². The van der Waals surface area contributed by atoms with Crippen molar-refractivity contribution in [1.29, 1.82) is 0 Å². The van der Waals surface area contributed by atoms with Crippen LogP contribution in [0.5, 0.6) is 0 Å². The van der Waals surface area contributed by atoms with E-state index >= 15 is 0 Å². The SMILES string of the molecule is Cc1ccc(S(=O)(=O)OC(C)C(O)C(=O)c2ccc3ccccc3c2)cc1. The van der Waals surface area contributed by atoms with Gasteiger partial charge in [0.15, 0.2) is 5.78 Å². The summed E-state index contributed by atoms with van der Waals surface area (Å²) in [6.07, 6.45) is -2.83. The first kappa shape index (κ1) is 19.2. The standard InChI is InChI=1S/C21H20O5S/c1-14-7-11-19(12-8-14)27(24,25)26-15(2)20(22)21(23)18-10-9-16-5-3-4-6-17(16)13-18/h3-13,15,20,22H,1-2H3. The van der Waals surface area contributed by atoms with Crippen LogP contribution in [0, 0.1) is 6.92 Å². The number of fused-ring (bicyclic) bond motifs is 1. The molecule has 0 bridgehead atoms. The molecule has 3 aromatic carbocycles. The molecule has 0 radical (unpaired) electrons. The quantitative estimate of drug-likeness (QED) is 0.520. The number of Topliss-reactive ketones (excluding diaryl/α,β-unsaturated/α-hetero) is 1. The summed E-state index contributed by atoms with van der Waals surface area (Å²) in [5.74, 6) is -0.590. The minimum Gasteiger partial charge on any atom is -0.382 e. The molecule has 0 spiro atoms. The van der Waals surface area contributed by atoms with E-state index in [0.29, 0.717) is 5.56 Å². The van der Waals surface area contributed by atoms with Crippen molar-refractivity contribution in [3.05, 3.63) is 77.9 Å². The zero-order valence-corrected chi connectivity index (χ0v) is 15.8. The summed E-state index contributed by atoms with van der Waals surface area (Å²) in [5.41, 5.74) is 1.21. The monoisotopic (exact) mass is 384 g/mol. The molecule has 0 saturated carbocycles. The largest absolute Gasteiger partial charge is 0.382 e. The first-order valence-electron chi connectivity index (χ1n) is 8.49. The Labute approximate surface area is 158 Å². The Balaban J connectivity index is 1.78. The van der Waals surface area contributed by atoms with Gasteiger partial charge in [0.1, 0.15) is 12.2 Å². The second kappa shape index (κ2) is 7.60. The second-order valence-corrected chi connectivity index (χ2v) is 8.01. The van der Waals surface area contributed by atoms with Crippen molar-refractivity contribution < 1.29 is 22.5 Å². The molecule has 0 aliphatic rings. The zero-order chi connectivity index (χ0) is 19.6. The molecular formula is C21H20O5S. The fourth-order valence-corrected chi connectivity index (χ4v) is 3.82. The number of aliphatic hydroxyl groups is 1. The van der Waals surface area contributed by atoms with Crippen molar-refractivity contribution in [2.24, 2.45) is 0 Å². The van der Waals surface area contributed by atoms with Gasteiger partial charge in [0.2, 0.25) is 0 Å². The number of carbonyl (C=O) groups is 1. The van der Waals surface area contributed by atoms with Gasteiger partial charge in [-0.05, 0) is 42.8 Å². The Morgan fingerprint density at radius 3 is 2.26 bits per heavy atom. The summed E-state index contributed by atoms with van der Waals surface area (Å²) in [6, 6.07) is 18.7. The van der Waals surface area contributed by atoms with Crippen molar-refractivity contribution in [3.63, 3.8) is 0 Å². The summed E-state index contributed by atoms with van der Waals surface area (Å²) in [4.78, 5) is 12.5. The van der Waals surface area contributed by atoms with E-state index in [9.17, 15) is 18.3 Å². The van der Waals surface area contributed by atoms with E-state index < -0.39 is 28.1 Å². The van der Waals surface area contributed by atoms with E-state index in [4.69, 9.17) is 4.18 Å². The van der Waals surface area contributed by atoms with Crippen LogP contribution in [0.2, 0.25) is 0 Å². The number of rotatable bonds is 6. The van der Waals surface area contributed by atoms with Crippen LogP contribution in [0.25, 0.3) is 10.8 Å². The van der Waals surface area contributed by atoms with Gasteiger partial charge in [-0.3, -0.25) is 8.98 Å². The number of hydrogen-bond donors (Lipinski definition) is 1. The maximum absolute atomic E-state index is 12.6. The Morgan fingerprint density at radius 1 is 0.963 bits per heavy atom. The summed E-state index contributed by atoms with van der Waals surface area (Å²) >= 11 is 0. The molecule has 3 rings (SSSR count). The molecule has 3 aromatic rings. The smallest absolute Gasteiger partial charge is 0.297 e. The average Bonchev–Trinajstić information content (AvgIpc) is 2.66. The summed E-state index contributed by atoms with van der Waals surface area (Å²) < 4.78 is 29.8. The minimum absolute atomic E-state index is 0.0229. The molecule has 27 heavy (non-hydrogen) atoms. The highest BCUT2D eigenvalue weighted by Crippen LogP contribution is 2.20. The number of benzene rings is 3. The predicted molar refractivity (Wildman–Crippen MR) is 103 cm³/mol. The topological polar surface area (TPSA) is 80.7 Å². The van der Waals surface area contributed by atoms with Crippen molar-refractivity contribution in [2.45, 2.75) is 31.0 Å². The Hall–Kier alpha value is -2.54. The highest BCUT2D eigenvalue weighted by atomic mass is 32.2. The fourth-order valence-electron chi connectivity index (χ4n) is 2.74. The lowest BCUT2D eigenvalue weighted by Crippen LogP contribution is -2.35. The minimum atomic E-state index is -4.08. The summed E-state index contributed by atoms with van der Waals surface area (Å²) in [5, 5.41) is 12.2. The number of aryl methyl sites for hydroxylation is 1. The molecule has 0 saturated heterocycles. The van der Waals surface area contributed by atoms with E-state index in [1.807, 2.05) is 31.2 Å². The molecule has 0 aliphatic heterocycles. The molecule has 5 nitrogen and oxygen atoms in total. The molecule has 1 N–H and O–H groups in total. The van der Waals surface area contributed by atoms with Crippen LogP contribution < -0.4 is 0 Å². The Kier molecular flexibility index (Phi) is 5.41. The number of aliphatic hydroxyl groups excluding tert-OH is 1. The third-order valence-electron chi connectivity index (χ3n) is 4.34. The number of ketones is 1. The summed E-state index contributed by atoms with van der Waals surface area (Å²) in [7, 11) is -4.08. The molecule has 140 valence electrons. The molecule has 0 fully saturated rings. The van der Waals surface area contributed by atoms with Gasteiger partial charge in [0.05, 0.1) is 4.90 Å². The van der Waals surface area contributed by atoms with Gasteiger partial charge in [-0.25, -0.2) is 0 Å². The van der Waals surface area contributed by atoms with Gasteiger partial charge < -0.3 is 5.11 Å². The third-order valence-corrected chi connectivity index (χ3v) is 5.74. The molecule has 2 atom stereocenters. The van der Waals surface area contributed by atoms with E-state index in [0.717, 1.165) is 16.3 Å². The van der Waals surface area contributed by atoms with Crippen molar-refractivity contribution in [1.82, 2.24) is 0 Å². The van der Waals surface area contributed by atoms with Gasteiger partial charge >= 0.3 is 0 Å². The number of hydrogen-bond acceptors (Lipinski definition) is 5. The maximum Gasteiger partial charge on any atom is 0.297 e. The molecule has 0 heterocycles. The first-order chi connectivity index (χ1) is 12.8. The van der Waals surface area contributed by atoms with E-state index in [-0.39, 0.29) is 4.90 Å². The Bertz CT molecular complexity index is 1070. The van der Waals surface area contributed by atoms with Gasteiger partial charge in [-0.1, -0.05) is 54.1 Å². The predicted octanol–water partition coefficient (Wildman–Crippen LogP) is 3.49. The highest BCUT2D eigenvalue weighted by molar-refractivity contribution is 7.86. The van der Waals surface area contributed by atoms with Gasteiger partial charge in [0, 0.05) is 5.56 Å². The van der Waals surface area contributed by atoms with Crippen molar-refractivity contribution in [2.75, 3.05) is 0 Å². The lowest BCUT2D eigenvalue weighted by molar-refractivity contribution is 0.0403. The molecule has 6 heteroatoms. The first-order valence-corrected chi connectivity index (χ1v) is 9.90. The van der Waals surface area contributed by atoms with Crippen LogP contribution >= 0.6 is 0 Å². The van der Waals surface area contributed by atoms with Crippen molar-refractivity contribution >= 4 is 26.7 Å². The van der Waals surface area contributed by atoms with Crippen LogP contribution in [0.3, 0.4) is 0 Å².